The van der Waals surface area contributed by atoms with Gasteiger partial charge in [0.1, 0.15) is 6.10 Å². The lowest BCUT2D eigenvalue weighted by atomic mass is 9.99. The predicted octanol–water partition coefficient (Wildman–Crippen LogP) is 3.43. The van der Waals surface area contributed by atoms with Gasteiger partial charge in [0.2, 0.25) is 0 Å². The van der Waals surface area contributed by atoms with Crippen molar-refractivity contribution < 1.29 is 9.53 Å². The quantitative estimate of drug-likeness (QED) is 0.800. The molecule has 2 heterocycles. The van der Waals surface area contributed by atoms with Crippen molar-refractivity contribution in [2.24, 2.45) is 5.92 Å². The van der Waals surface area contributed by atoms with Gasteiger partial charge in [0.25, 0.3) is 0 Å². The van der Waals surface area contributed by atoms with E-state index < -0.39 is 0 Å². The molecule has 3 rings (SSSR count). The minimum absolute atomic E-state index is 0.0220. The van der Waals surface area contributed by atoms with Crippen LogP contribution in [0, 0.1) is 5.92 Å². The van der Waals surface area contributed by atoms with E-state index in [0.717, 1.165) is 31.6 Å². The van der Waals surface area contributed by atoms with Crippen LogP contribution in [0.3, 0.4) is 0 Å². The van der Waals surface area contributed by atoms with Gasteiger partial charge in [0.15, 0.2) is 0 Å². The molecule has 4 heteroatoms. The number of esters is 1. The van der Waals surface area contributed by atoms with E-state index in [1.807, 2.05) is 24.3 Å². The van der Waals surface area contributed by atoms with Crippen molar-refractivity contribution in [1.29, 1.82) is 0 Å². The first-order valence-electron chi connectivity index (χ1n) is 7.41. The summed E-state index contributed by atoms with van der Waals surface area (Å²) in [5.41, 5.74) is 1.05. The maximum Gasteiger partial charge on any atom is 0.311 e. The molecule has 0 radical (unpaired) electrons. The van der Waals surface area contributed by atoms with Crippen molar-refractivity contribution in [3.05, 3.63) is 34.9 Å². The number of hydrogen-bond acceptors (Lipinski definition) is 3. The number of cyclic esters (lactones) is 1. The standard InChI is InChI=1S/C16H20ClNO2/c17-14-6-4-12(5-7-14)15-10-13(16(19)20-15)11-18-8-2-1-3-9-18/h4-7,13,15H,1-3,8-11H2. The lowest BCUT2D eigenvalue weighted by molar-refractivity contribution is -0.145. The number of nitrogens with zero attached hydrogens (tertiary/aromatic N) is 1. The summed E-state index contributed by atoms with van der Waals surface area (Å²) in [4.78, 5) is 14.4. The van der Waals surface area contributed by atoms with Gasteiger partial charge in [-0.3, -0.25) is 4.79 Å². The molecular formula is C16H20ClNO2. The summed E-state index contributed by atoms with van der Waals surface area (Å²) < 4.78 is 5.53. The van der Waals surface area contributed by atoms with E-state index in [9.17, 15) is 4.79 Å². The first-order valence-corrected chi connectivity index (χ1v) is 7.78. The van der Waals surface area contributed by atoms with Crippen molar-refractivity contribution in [2.75, 3.05) is 19.6 Å². The van der Waals surface area contributed by atoms with Gasteiger partial charge in [-0.25, -0.2) is 0 Å². The van der Waals surface area contributed by atoms with Crippen molar-refractivity contribution in [3.63, 3.8) is 0 Å². The van der Waals surface area contributed by atoms with Crippen molar-refractivity contribution in [3.8, 4) is 0 Å². The molecule has 2 aliphatic heterocycles. The Morgan fingerprint density at radius 2 is 1.85 bits per heavy atom. The SMILES string of the molecule is O=C1OC(c2ccc(Cl)cc2)CC1CN1CCCCC1. The van der Waals surface area contributed by atoms with Gasteiger partial charge in [-0.1, -0.05) is 30.2 Å². The molecule has 108 valence electrons. The van der Waals surface area contributed by atoms with Crippen LogP contribution in [-0.2, 0) is 9.53 Å². The second-order valence-electron chi connectivity index (χ2n) is 5.77. The smallest absolute Gasteiger partial charge is 0.311 e. The van der Waals surface area contributed by atoms with E-state index >= 15 is 0 Å². The third kappa shape index (κ3) is 3.15. The van der Waals surface area contributed by atoms with Crippen molar-refractivity contribution in [1.82, 2.24) is 4.90 Å². The van der Waals surface area contributed by atoms with E-state index in [1.54, 1.807) is 0 Å². The Bertz CT molecular complexity index is 468. The Kier molecular flexibility index (Phi) is 4.27. The van der Waals surface area contributed by atoms with Crippen LogP contribution in [0.25, 0.3) is 0 Å². The summed E-state index contributed by atoms with van der Waals surface area (Å²) in [5.74, 6) is -0.0238. The molecule has 2 saturated heterocycles. The van der Waals surface area contributed by atoms with Gasteiger partial charge in [0, 0.05) is 18.0 Å². The fraction of sp³-hybridized carbons (Fsp3) is 0.562. The minimum atomic E-state index is -0.102. The lowest BCUT2D eigenvalue weighted by Gasteiger charge is -2.27. The van der Waals surface area contributed by atoms with Gasteiger partial charge < -0.3 is 9.64 Å². The number of hydrogen-bond donors (Lipinski definition) is 0. The highest BCUT2D eigenvalue weighted by molar-refractivity contribution is 6.30. The molecule has 0 bridgehead atoms. The number of piperidine rings is 1. The van der Waals surface area contributed by atoms with Gasteiger partial charge in [-0.05, 0) is 43.6 Å². The van der Waals surface area contributed by atoms with Crippen LogP contribution >= 0.6 is 11.6 Å². The molecule has 20 heavy (non-hydrogen) atoms. The van der Waals surface area contributed by atoms with Crippen molar-refractivity contribution >= 4 is 17.6 Å². The molecule has 0 saturated carbocycles. The van der Waals surface area contributed by atoms with Gasteiger partial charge in [0.05, 0.1) is 5.92 Å². The first-order chi connectivity index (χ1) is 9.72. The summed E-state index contributed by atoms with van der Waals surface area (Å²) >= 11 is 5.89. The fourth-order valence-electron chi connectivity index (χ4n) is 3.12. The first kappa shape index (κ1) is 13.9. The average molecular weight is 294 g/mol. The summed E-state index contributed by atoms with van der Waals surface area (Å²) in [6.07, 6.45) is 4.51. The zero-order valence-electron chi connectivity index (χ0n) is 11.6. The van der Waals surface area contributed by atoms with E-state index in [4.69, 9.17) is 16.3 Å². The van der Waals surface area contributed by atoms with Gasteiger partial charge in [-0.15, -0.1) is 0 Å². The van der Waals surface area contributed by atoms with E-state index in [1.165, 1.54) is 19.3 Å². The van der Waals surface area contributed by atoms with E-state index in [0.29, 0.717) is 5.02 Å². The molecule has 2 atom stereocenters. The lowest BCUT2D eigenvalue weighted by Crippen LogP contribution is -2.35. The third-order valence-corrected chi connectivity index (χ3v) is 4.51. The molecule has 2 unspecified atom stereocenters. The molecule has 3 nitrogen and oxygen atoms in total. The molecule has 1 aromatic rings. The highest BCUT2D eigenvalue weighted by atomic mass is 35.5. The molecule has 0 aromatic heterocycles. The zero-order chi connectivity index (χ0) is 13.9. The van der Waals surface area contributed by atoms with Gasteiger partial charge in [-0.2, -0.15) is 0 Å². The number of rotatable bonds is 3. The minimum Gasteiger partial charge on any atom is -0.457 e. The Morgan fingerprint density at radius 1 is 1.15 bits per heavy atom. The molecule has 0 amide bonds. The molecule has 1 aromatic carbocycles. The average Bonchev–Trinajstić information content (AvgIpc) is 2.82. The molecule has 0 aliphatic carbocycles. The zero-order valence-corrected chi connectivity index (χ0v) is 12.3. The number of ether oxygens (including phenoxy) is 1. The molecule has 0 N–H and O–H groups in total. The monoisotopic (exact) mass is 293 g/mol. The Morgan fingerprint density at radius 3 is 2.55 bits per heavy atom. The number of carbonyl (C=O) groups excluding carboxylic acids is 1. The highest BCUT2D eigenvalue weighted by Gasteiger charge is 2.36. The summed E-state index contributed by atoms with van der Waals surface area (Å²) in [5, 5.41) is 0.711. The fourth-order valence-corrected chi connectivity index (χ4v) is 3.25. The van der Waals surface area contributed by atoms with E-state index in [-0.39, 0.29) is 18.0 Å². The Balaban J connectivity index is 1.61. The van der Waals surface area contributed by atoms with Crippen LogP contribution in [0.4, 0.5) is 0 Å². The number of carbonyl (C=O) groups is 1. The van der Waals surface area contributed by atoms with Crippen LogP contribution in [0.15, 0.2) is 24.3 Å². The van der Waals surface area contributed by atoms with Crippen LogP contribution < -0.4 is 0 Å². The normalized spacial score (nSPS) is 27.6. The van der Waals surface area contributed by atoms with Crippen LogP contribution in [0.1, 0.15) is 37.4 Å². The predicted molar refractivity (Wildman–Crippen MR) is 78.7 cm³/mol. The summed E-state index contributed by atoms with van der Waals surface area (Å²) in [7, 11) is 0. The maximum atomic E-state index is 12.0. The van der Waals surface area contributed by atoms with Crippen LogP contribution in [0.5, 0.6) is 0 Å². The largest absolute Gasteiger partial charge is 0.457 e. The molecule has 2 fully saturated rings. The summed E-state index contributed by atoms with van der Waals surface area (Å²) in [6, 6.07) is 7.60. The van der Waals surface area contributed by atoms with Crippen LogP contribution in [-0.4, -0.2) is 30.5 Å². The topological polar surface area (TPSA) is 29.5 Å². The van der Waals surface area contributed by atoms with E-state index in [2.05, 4.69) is 4.90 Å². The number of likely N-dealkylation sites (tertiary alicyclic amines) is 1. The maximum absolute atomic E-state index is 12.0. The Labute approximate surface area is 124 Å². The van der Waals surface area contributed by atoms with Crippen molar-refractivity contribution in [2.45, 2.75) is 31.8 Å². The third-order valence-electron chi connectivity index (χ3n) is 4.26. The number of benzene rings is 1. The van der Waals surface area contributed by atoms with Gasteiger partial charge >= 0.3 is 5.97 Å². The second kappa shape index (κ2) is 6.15. The highest BCUT2D eigenvalue weighted by Crippen LogP contribution is 2.34. The van der Waals surface area contributed by atoms with Crippen LogP contribution in [0.2, 0.25) is 5.02 Å². The Hall–Kier alpha value is -1.06. The number of halogens is 1. The summed E-state index contributed by atoms with van der Waals surface area (Å²) in [6.45, 7) is 3.09. The second-order valence-corrected chi connectivity index (χ2v) is 6.21. The molecular weight excluding hydrogens is 274 g/mol. The molecule has 0 spiro atoms. The molecule has 2 aliphatic rings.